The molecular formula is C21H24BrNO3. The van der Waals surface area contributed by atoms with Gasteiger partial charge in [0.15, 0.2) is 12.0 Å². The second kappa shape index (κ2) is 9.64. The van der Waals surface area contributed by atoms with E-state index in [0.717, 1.165) is 23.1 Å². The molecule has 0 aliphatic rings. The largest absolute Gasteiger partial charge is 0.446 e. The molecule has 2 aromatic rings. The zero-order valence-electron chi connectivity index (χ0n) is 15.4. The fourth-order valence-corrected chi connectivity index (χ4v) is 3.07. The number of halogens is 1. The standard InChI is InChI=1S/C21H24BrNO3/c1-4-23(5-2)15(3)26-20(24)14-16-7-6-8-18(13-16)21(25)17-9-11-19(22)12-10-17/h6-13,15H,4-5,14H2,1-3H3. The predicted octanol–water partition coefficient (Wildman–Crippen LogP) is 4.45. The van der Waals surface area contributed by atoms with Crippen LogP contribution >= 0.6 is 15.9 Å². The average molecular weight is 418 g/mol. The van der Waals surface area contributed by atoms with E-state index >= 15 is 0 Å². The summed E-state index contributed by atoms with van der Waals surface area (Å²) in [5.74, 6) is -0.359. The molecule has 0 heterocycles. The third kappa shape index (κ3) is 5.51. The molecule has 1 unspecified atom stereocenters. The zero-order valence-corrected chi connectivity index (χ0v) is 17.0. The fraction of sp³-hybridized carbons (Fsp3) is 0.333. The number of nitrogens with zero attached hydrogens (tertiary/aromatic N) is 1. The molecule has 5 heteroatoms. The molecular weight excluding hydrogens is 394 g/mol. The maximum Gasteiger partial charge on any atom is 0.311 e. The Hall–Kier alpha value is -1.98. The summed E-state index contributed by atoms with van der Waals surface area (Å²) in [6.07, 6.45) is -0.113. The van der Waals surface area contributed by atoms with Gasteiger partial charge in [-0.2, -0.15) is 0 Å². The maximum absolute atomic E-state index is 12.6. The summed E-state index contributed by atoms with van der Waals surface area (Å²) in [5, 5.41) is 0. The van der Waals surface area contributed by atoms with Crippen LogP contribution in [0.2, 0.25) is 0 Å². The van der Waals surface area contributed by atoms with Gasteiger partial charge >= 0.3 is 5.97 Å². The highest BCUT2D eigenvalue weighted by Gasteiger charge is 2.16. The van der Waals surface area contributed by atoms with Crippen LogP contribution in [0.4, 0.5) is 0 Å². The van der Waals surface area contributed by atoms with Crippen LogP contribution in [0.3, 0.4) is 0 Å². The van der Waals surface area contributed by atoms with Crippen LogP contribution in [-0.4, -0.2) is 36.0 Å². The van der Waals surface area contributed by atoms with E-state index in [-0.39, 0.29) is 24.4 Å². The Morgan fingerprint density at radius 2 is 1.69 bits per heavy atom. The smallest absolute Gasteiger partial charge is 0.311 e. The first kappa shape index (κ1) is 20.3. The molecule has 0 bridgehead atoms. The van der Waals surface area contributed by atoms with Gasteiger partial charge in [0.2, 0.25) is 0 Å². The van der Waals surface area contributed by atoms with Gasteiger partial charge < -0.3 is 4.74 Å². The Bertz CT molecular complexity index is 754. The van der Waals surface area contributed by atoms with Gasteiger partial charge in [-0.15, -0.1) is 0 Å². The minimum atomic E-state index is -0.294. The number of ether oxygens (including phenoxy) is 1. The van der Waals surface area contributed by atoms with Gasteiger partial charge in [-0.1, -0.05) is 48.0 Å². The lowest BCUT2D eigenvalue weighted by Crippen LogP contribution is -2.36. The Balaban J connectivity index is 2.05. The van der Waals surface area contributed by atoms with Crippen molar-refractivity contribution in [2.45, 2.75) is 33.4 Å². The molecule has 0 aliphatic carbocycles. The van der Waals surface area contributed by atoms with Crippen molar-refractivity contribution in [2.75, 3.05) is 13.1 Å². The SMILES string of the molecule is CCN(CC)C(C)OC(=O)Cc1cccc(C(=O)c2ccc(Br)cc2)c1. The number of ketones is 1. The first-order valence-corrected chi connectivity index (χ1v) is 9.56. The summed E-state index contributed by atoms with van der Waals surface area (Å²) in [5.41, 5.74) is 1.95. The number of carbonyl (C=O) groups excluding carboxylic acids is 2. The number of hydrogen-bond donors (Lipinski definition) is 0. The number of hydrogen-bond acceptors (Lipinski definition) is 4. The first-order chi connectivity index (χ1) is 12.4. The monoisotopic (exact) mass is 417 g/mol. The van der Waals surface area contributed by atoms with Crippen LogP contribution in [0.5, 0.6) is 0 Å². The Kier molecular flexibility index (Phi) is 7.54. The molecule has 26 heavy (non-hydrogen) atoms. The van der Waals surface area contributed by atoms with Crippen molar-refractivity contribution >= 4 is 27.7 Å². The number of benzene rings is 2. The molecule has 2 rings (SSSR count). The summed E-state index contributed by atoms with van der Waals surface area (Å²) < 4.78 is 6.42. The van der Waals surface area contributed by atoms with E-state index in [0.29, 0.717) is 11.1 Å². The molecule has 0 aliphatic heterocycles. The molecule has 1 atom stereocenters. The maximum atomic E-state index is 12.6. The molecule has 2 aromatic carbocycles. The number of rotatable bonds is 8. The fourth-order valence-electron chi connectivity index (χ4n) is 2.80. The lowest BCUT2D eigenvalue weighted by molar-refractivity contribution is -0.156. The molecule has 0 aromatic heterocycles. The Morgan fingerprint density at radius 1 is 1.04 bits per heavy atom. The summed E-state index contributed by atoms with van der Waals surface area (Å²) in [7, 11) is 0. The van der Waals surface area contributed by atoms with Gasteiger partial charge in [-0.3, -0.25) is 14.5 Å². The predicted molar refractivity (Wildman–Crippen MR) is 106 cm³/mol. The van der Waals surface area contributed by atoms with Crippen molar-refractivity contribution in [1.29, 1.82) is 0 Å². The second-order valence-corrected chi connectivity index (χ2v) is 6.94. The van der Waals surface area contributed by atoms with Crippen molar-refractivity contribution in [3.8, 4) is 0 Å². The minimum Gasteiger partial charge on any atom is -0.446 e. The average Bonchev–Trinajstić information content (AvgIpc) is 2.63. The highest BCUT2D eigenvalue weighted by atomic mass is 79.9. The molecule has 0 amide bonds. The van der Waals surface area contributed by atoms with Crippen molar-refractivity contribution in [1.82, 2.24) is 4.90 Å². The molecule has 0 N–H and O–H groups in total. The van der Waals surface area contributed by atoms with Gasteiger partial charge in [-0.25, -0.2) is 0 Å². The molecule has 0 saturated heterocycles. The van der Waals surface area contributed by atoms with Crippen molar-refractivity contribution in [3.63, 3.8) is 0 Å². The van der Waals surface area contributed by atoms with E-state index < -0.39 is 0 Å². The summed E-state index contributed by atoms with van der Waals surface area (Å²) in [6.45, 7) is 7.58. The van der Waals surface area contributed by atoms with Gasteiger partial charge in [0.25, 0.3) is 0 Å². The minimum absolute atomic E-state index is 0.0655. The number of carbonyl (C=O) groups is 2. The summed E-state index contributed by atoms with van der Waals surface area (Å²) in [6, 6.07) is 14.4. The van der Waals surface area contributed by atoms with Crippen molar-refractivity contribution in [3.05, 3.63) is 69.7 Å². The highest BCUT2D eigenvalue weighted by molar-refractivity contribution is 9.10. The molecule has 0 saturated carbocycles. The Morgan fingerprint density at radius 3 is 2.31 bits per heavy atom. The third-order valence-corrected chi connectivity index (χ3v) is 4.80. The van der Waals surface area contributed by atoms with E-state index in [1.807, 2.05) is 39.0 Å². The first-order valence-electron chi connectivity index (χ1n) is 8.77. The zero-order chi connectivity index (χ0) is 19.1. The quantitative estimate of drug-likeness (QED) is 0.361. The Labute approximate surface area is 163 Å². The van der Waals surface area contributed by atoms with Crippen LogP contribution in [-0.2, 0) is 16.0 Å². The van der Waals surface area contributed by atoms with E-state index in [9.17, 15) is 9.59 Å². The molecule has 0 spiro atoms. The van der Waals surface area contributed by atoms with Crippen LogP contribution in [0.1, 0.15) is 42.3 Å². The highest BCUT2D eigenvalue weighted by Crippen LogP contribution is 2.16. The van der Waals surface area contributed by atoms with E-state index in [2.05, 4.69) is 20.8 Å². The van der Waals surface area contributed by atoms with E-state index in [4.69, 9.17) is 4.74 Å². The van der Waals surface area contributed by atoms with Crippen LogP contribution in [0.25, 0.3) is 0 Å². The lowest BCUT2D eigenvalue weighted by Gasteiger charge is -2.25. The second-order valence-electron chi connectivity index (χ2n) is 6.02. The van der Waals surface area contributed by atoms with Crippen molar-refractivity contribution in [2.24, 2.45) is 0 Å². The topological polar surface area (TPSA) is 46.6 Å². The van der Waals surface area contributed by atoms with Crippen LogP contribution < -0.4 is 0 Å². The van der Waals surface area contributed by atoms with Crippen LogP contribution in [0, 0.1) is 0 Å². The van der Waals surface area contributed by atoms with Gasteiger partial charge in [0.1, 0.15) is 0 Å². The number of esters is 1. The molecule has 0 radical (unpaired) electrons. The van der Waals surface area contributed by atoms with Gasteiger partial charge in [-0.05, 0) is 55.9 Å². The molecule has 0 fully saturated rings. The summed E-state index contributed by atoms with van der Waals surface area (Å²) >= 11 is 3.36. The summed E-state index contributed by atoms with van der Waals surface area (Å²) in [4.78, 5) is 26.9. The van der Waals surface area contributed by atoms with Crippen LogP contribution in [0.15, 0.2) is 53.0 Å². The van der Waals surface area contributed by atoms with E-state index in [1.165, 1.54) is 0 Å². The van der Waals surface area contributed by atoms with Gasteiger partial charge in [0, 0.05) is 15.6 Å². The van der Waals surface area contributed by atoms with Crippen molar-refractivity contribution < 1.29 is 14.3 Å². The molecule has 138 valence electrons. The third-order valence-electron chi connectivity index (χ3n) is 4.27. The lowest BCUT2D eigenvalue weighted by atomic mass is 10.0. The van der Waals surface area contributed by atoms with E-state index in [1.54, 1.807) is 30.3 Å². The normalized spacial score (nSPS) is 12.0. The van der Waals surface area contributed by atoms with Gasteiger partial charge in [0.05, 0.1) is 6.42 Å². The molecule has 4 nitrogen and oxygen atoms in total.